The highest BCUT2D eigenvalue weighted by Crippen LogP contribution is 2.33. The molecule has 31 heavy (non-hydrogen) atoms. The Morgan fingerprint density at radius 3 is 1.84 bits per heavy atom. The van der Waals surface area contributed by atoms with Crippen LogP contribution in [0.2, 0.25) is 0 Å². The summed E-state index contributed by atoms with van der Waals surface area (Å²) in [5.74, 6) is 0.387. The largest absolute Gasteiger partial charge is 0.492 e. The Balaban J connectivity index is 0.00000341. The van der Waals surface area contributed by atoms with Gasteiger partial charge in [-0.15, -0.1) is 12.4 Å². The van der Waals surface area contributed by atoms with Gasteiger partial charge < -0.3 is 14.5 Å². The van der Waals surface area contributed by atoms with Crippen molar-refractivity contribution in [3.63, 3.8) is 0 Å². The van der Waals surface area contributed by atoms with Crippen LogP contribution in [-0.4, -0.2) is 44.6 Å². The predicted molar refractivity (Wildman–Crippen MR) is 130 cm³/mol. The van der Waals surface area contributed by atoms with Crippen LogP contribution in [0.4, 0.5) is 5.69 Å². The molecule has 4 nitrogen and oxygen atoms in total. The van der Waals surface area contributed by atoms with Gasteiger partial charge in [0.15, 0.2) is 0 Å². The van der Waals surface area contributed by atoms with Crippen LogP contribution in [0.25, 0.3) is 0 Å². The number of hydrogen-bond acceptors (Lipinski definition) is 3. The van der Waals surface area contributed by atoms with Crippen molar-refractivity contribution in [1.82, 2.24) is 4.90 Å². The zero-order chi connectivity index (χ0) is 21.3. The molecule has 0 N–H and O–H groups in total. The number of para-hydroxylation sites is 2. The minimum absolute atomic E-state index is 0. The molecule has 0 radical (unpaired) electrons. The number of benzene rings is 3. The predicted octanol–water partition coefficient (Wildman–Crippen LogP) is 5.23. The quantitative estimate of drug-likeness (QED) is 0.458. The van der Waals surface area contributed by atoms with Crippen LogP contribution in [0.5, 0.6) is 5.75 Å². The van der Waals surface area contributed by atoms with E-state index in [1.807, 2.05) is 111 Å². The van der Waals surface area contributed by atoms with Gasteiger partial charge in [-0.25, -0.2) is 0 Å². The molecular formula is C26H31ClN2O2. The molecule has 0 atom stereocenters. The molecule has 164 valence electrons. The van der Waals surface area contributed by atoms with E-state index in [0.717, 1.165) is 29.1 Å². The summed E-state index contributed by atoms with van der Waals surface area (Å²) in [5, 5.41) is 0. The normalized spacial score (nSPS) is 10.6. The van der Waals surface area contributed by atoms with E-state index < -0.39 is 0 Å². The van der Waals surface area contributed by atoms with E-state index in [2.05, 4.69) is 4.90 Å². The zero-order valence-electron chi connectivity index (χ0n) is 18.4. The summed E-state index contributed by atoms with van der Waals surface area (Å²) in [6.07, 6.45) is 0. The van der Waals surface area contributed by atoms with Crippen molar-refractivity contribution in [2.45, 2.75) is 12.8 Å². The van der Waals surface area contributed by atoms with Gasteiger partial charge in [-0.2, -0.15) is 0 Å². The van der Waals surface area contributed by atoms with Gasteiger partial charge in [0.05, 0.1) is 18.2 Å². The Morgan fingerprint density at radius 1 is 0.806 bits per heavy atom. The maximum atomic E-state index is 14.1. The van der Waals surface area contributed by atoms with Gasteiger partial charge in [0, 0.05) is 13.1 Å². The summed E-state index contributed by atoms with van der Waals surface area (Å²) in [6.45, 7) is 3.83. The average molecular weight is 439 g/mol. The van der Waals surface area contributed by atoms with Crippen molar-refractivity contribution >= 4 is 24.0 Å². The van der Waals surface area contributed by atoms with E-state index in [1.54, 1.807) is 0 Å². The van der Waals surface area contributed by atoms with Crippen LogP contribution in [0.3, 0.4) is 0 Å². The van der Waals surface area contributed by atoms with Crippen molar-refractivity contribution in [2.75, 3.05) is 38.7 Å². The number of hydrogen-bond donors (Lipinski definition) is 0. The highest BCUT2D eigenvalue weighted by atomic mass is 35.5. The molecule has 5 heteroatoms. The topological polar surface area (TPSA) is 32.8 Å². The monoisotopic (exact) mass is 438 g/mol. The van der Waals surface area contributed by atoms with Crippen molar-refractivity contribution < 1.29 is 9.53 Å². The van der Waals surface area contributed by atoms with Gasteiger partial charge in [0.1, 0.15) is 5.75 Å². The Bertz CT molecular complexity index is 893. The van der Waals surface area contributed by atoms with Crippen molar-refractivity contribution in [2.24, 2.45) is 0 Å². The molecule has 3 aromatic rings. The molecule has 0 aliphatic heterocycles. The second kappa shape index (κ2) is 12.1. The van der Waals surface area contributed by atoms with E-state index in [4.69, 9.17) is 4.74 Å². The standard InChI is InChI=1S/C26H30N2O2.ClH/c1-4-30-24-18-12-11-17-23(24)28(20-19-27(2)3)26(29)25(21-13-7-5-8-14-21)22-15-9-6-10-16-22;/h5-18,25H,4,19-20H2,1-3H3;1H. The third-order valence-corrected chi connectivity index (χ3v) is 5.01. The molecule has 0 spiro atoms. The van der Waals surface area contributed by atoms with E-state index in [1.165, 1.54) is 0 Å². The van der Waals surface area contributed by atoms with Gasteiger partial charge in [0.2, 0.25) is 5.91 Å². The zero-order valence-corrected chi connectivity index (χ0v) is 19.2. The van der Waals surface area contributed by atoms with Crippen LogP contribution in [0.1, 0.15) is 24.0 Å². The van der Waals surface area contributed by atoms with Crippen LogP contribution >= 0.6 is 12.4 Å². The number of carbonyl (C=O) groups excluding carboxylic acids is 1. The molecule has 0 saturated heterocycles. The van der Waals surface area contributed by atoms with Crippen LogP contribution in [-0.2, 0) is 4.79 Å². The minimum atomic E-state index is -0.385. The molecule has 0 aliphatic carbocycles. The summed E-state index contributed by atoms with van der Waals surface area (Å²) < 4.78 is 5.86. The molecular weight excluding hydrogens is 408 g/mol. The fourth-order valence-corrected chi connectivity index (χ4v) is 3.53. The number of halogens is 1. The van der Waals surface area contributed by atoms with Gasteiger partial charge >= 0.3 is 0 Å². The first-order valence-corrected chi connectivity index (χ1v) is 10.4. The molecule has 3 rings (SSSR count). The number of likely N-dealkylation sites (N-methyl/N-ethyl adjacent to an activating group) is 1. The molecule has 0 unspecified atom stereocenters. The highest BCUT2D eigenvalue weighted by Gasteiger charge is 2.29. The molecule has 0 saturated carbocycles. The third-order valence-electron chi connectivity index (χ3n) is 5.01. The summed E-state index contributed by atoms with van der Waals surface area (Å²) in [4.78, 5) is 18.0. The maximum absolute atomic E-state index is 14.1. The van der Waals surface area contributed by atoms with E-state index in [0.29, 0.717) is 13.2 Å². The number of carbonyl (C=O) groups is 1. The van der Waals surface area contributed by atoms with Crippen molar-refractivity contribution in [1.29, 1.82) is 0 Å². The Morgan fingerprint density at radius 2 is 1.32 bits per heavy atom. The summed E-state index contributed by atoms with van der Waals surface area (Å²) in [7, 11) is 4.03. The van der Waals surface area contributed by atoms with Gasteiger partial charge in [-0.3, -0.25) is 4.79 Å². The van der Waals surface area contributed by atoms with Gasteiger partial charge in [-0.05, 0) is 44.3 Å². The first-order valence-electron chi connectivity index (χ1n) is 10.4. The fraction of sp³-hybridized carbons (Fsp3) is 0.269. The Kier molecular flexibility index (Phi) is 9.57. The molecule has 0 fully saturated rings. The fourth-order valence-electron chi connectivity index (χ4n) is 3.53. The minimum Gasteiger partial charge on any atom is -0.492 e. The number of ether oxygens (including phenoxy) is 1. The Hall–Kier alpha value is -2.82. The molecule has 0 aromatic heterocycles. The lowest BCUT2D eigenvalue weighted by Crippen LogP contribution is -2.40. The van der Waals surface area contributed by atoms with Gasteiger partial charge in [0.25, 0.3) is 0 Å². The first kappa shape index (κ1) is 24.4. The number of amides is 1. The SMILES string of the molecule is CCOc1ccccc1N(CCN(C)C)C(=O)C(c1ccccc1)c1ccccc1.Cl. The van der Waals surface area contributed by atoms with Crippen LogP contribution in [0, 0.1) is 0 Å². The van der Waals surface area contributed by atoms with Crippen LogP contribution in [0.15, 0.2) is 84.9 Å². The number of nitrogens with zero attached hydrogens (tertiary/aromatic N) is 2. The summed E-state index contributed by atoms with van der Waals surface area (Å²) >= 11 is 0. The van der Waals surface area contributed by atoms with Crippen LogP contribution < -0.4 is 9.64 Å². The van der Waals surface area contributed by atoms with E-state index in [-0.39, 0.29) is 24.2 Å². The second-order valence-electron chi connectivity index (χ2n) is 7.45. The van der Waals surface area contributed by atoms with Crippen molar-refractivity contribution in [3.8, 4) is 5.75 Å². The number of anilines is 1. The lowest BCUT2D eigenvalue weighted by molar-refractivity contribution is -0.119. The summed E-state index contributed by atoms with van der Waals surface area (Å²) in [6, 6.07) is 27.8. The Labute approximate surface area is 191 Å². The van der Waals surface area contributed by atoms with Crippen molar-refractivity contribution in [3.05, 3.63) is 96.1 Å². The van der Waals surface area contributed by atoms with Gasteiger partial charge in [-0.1, -0.05) is 72.8 Å². The number of rotatable bonds is 9. The third kappa shape index (κ3) is 6.33. The molecule has 0 heterocycles. The van der Waals surface area contributed by atoms with E-state index in [9.17, 15) is 4.79 Å². The first-order chi connectivity index (χ1) is 14.6. The molecule has 1 amide bonds. The smallest absolute Gasteiger partial charge is 0.239 e. The molecule has 3 aromatic carbocycles. The summed E-state index contributed by atoms with van der Waals surface area (Å²) in [5.41, 5.74) is 2.78. The lowest BCUT2D eigenvalue weighted by Gasteiger charge is -2.30. The highest BCUT2D eigenvalue weighted by molar-refractivity contribution is 6.01. The molecule has 0 bridgehead atoms. The second-order valence-corrected chi connectivity index (χ2v) is 7.45. The average Bonchev–Trinajstić information content (AvgIpc) is 2.77. The molecule has 0 aliphatic rings. The van der Waals surface area contributed by atoms with E-state index >= 15 is 0 Å². The lowest BCUT2D eigenvalue weighted by atomic mass is 9.89. The maximum Gasteiger partial charge on any atom is 0.239 e.